The minimum absolute atomic E-state index is 0.100. The fraction of sp³-hybridized carbons (Fsp3) is 0.698. The average molecular weight is 960 g/mol. The van der Waals surface area contributed by atoms with Gasteiger partial charge in [0.15, 0.2) is 6.10 Å². The fourth-order valence-corrected chi connectivity index (χ4v) is 7.85. The van der Waals surface area contributed by atoms with Crippen molar-refractivity contribution < 1.29 is 28.6 Å². The van der Waals surface area contributed by atoms with Gasteiger partial charge in [0.25, 0.3) is 0 Å². The van der Waals surface area contributed by atoms with Crippen LogP contribution in [0.5, 0.6) is 0 Å². The number of esters is 3. The Balaban J connectivity index is 4.46. The molecule has 0 fully saturated rings. The van der Waals surface area contributed by atoms with Crippen molar-refractivity contribution in [3.8, 4) is 0 Å². The summed E-state index contributed by atoms with van der Waals surface area (Å²) in [5.74, 6) is -0.959. The van der Waals surface area contributed by atoms with Gasteiger partial charge in [0.1, 0.15) is 13.2 Å². The van der Waals surface area contributed by atoms with Crippen LogP contribution in [0.3, 0.4) is 0 Å². The minimum Gasteiger partial charge on any atom is -0.462 e. The molecule has 0 saturated heterocycles. The van der Waals surface area contributed by atoms with E-state index < -0.39 is 6.10 Å². The van der Waals surface area contributed by atoms with E-state index >= 15 is 0 Å². The highest BCUT2D eigenvalue weighted by Crippen LogP contribution is 2.15. The molecule has 0 N–H and O–H groups in total. The van der Waals surface area contributed by atoms with Gasteiger partial charge < -0.3 is 14.2 Å². The van der Waals surface area contributed by atoms with E-state index in [1.807, 2.05) is 0 Å². The summed E-state index contributed by atoms with van der Waals surface area (Å²) in [6, 6.07) is 0. The summed E-state index contributed by atoms with van der Waals surface area (Å²) in [5.41, 5.74) is 0. The third-order valence-electron chi connectivity index (χ3n) is 12.1. The lowest BCUT2D eigenvalue weighted by Crippen LogP contribution is -2.30. The van der Waals surface area contributed by atoms with Gasteiger partial charge in [-0.2, -0.15) is 0 Å². The lowest BCUT2D eigenvalue weighted by atomic mass is 10.0. The largest absolute Gasteiger partial charge is 0.462 e. The first kappa shape index (κ1) is 65.3. The van der Waals surface area contributed by atoms with Gasteiger partial charge in [0.05, 0.1) is 0 Å². The molecule has 0 aromatic carbocycles. The first-order valence-electron chi connectivity index (χ1n) is 28.7. The number of ether oxygens (including phenoxy) is 3. The molecule has 0 bridgehead atoms. The topological polar surface area (TPSA) is 78.9 Å². The molecule has 0 aromatic heterocycles. The van der Waals surface area contributed by atoms with Crippen molar-refractivity contribution in [1.29, 1.82) is 0 Å². The molecule has 6 nitrogen and oxygen atoms in total. The van der Waals surface area contributed by atoms with E-state index in [0.29, 0.717) is 19.3 Å². The van der Waals surface area contributed by atoms with E-state index in [4.69, 9.17) is 14.2 Å². The minimum atomic E-state index is -0.809. The highest BCUT2D eigenvalue weighted by atomic mass is 16.6. The van der Waals surface area contributed by atoms with Gasteiger partial charge in [-0.05, 0) is 89.9 Å². The third kappa shape index (κ3) is 55.1. The van der Waals surface area contributed by atoms with Crippen molar-refractivity contribution in [2.45, 2.75) is 271 Å². The average Bonchev–Trinajstić information content (AvgIpc) is 3.35. The number of carbonyl (C=O) groups is 3. The molecule has 0 aliphatic heterocycles. The van der Waals surface area contributed by atoms with Crippen molar-refractivity contribution in [3.05, 3.63) is 97.2 Å². The maximum atomic E-state index is 12.8. The van der Waals surface area contributed by atoms with Crippen LogP contribution >= 0.6 is 0 Å². The Labute approximate surface area is 426 Å². The van der Waals surface area contributed by atoms with Crippen LogP contribution < -0.4 is 0 Å². The molecule has 0 aliphatic carbocycles. The second kappa shape index (κ2) is 56.9. The smallest absolute Gasteiger partial charge is 0.306 e. The zero-order chi connectivity index (χ0) is 50.0. The Morgan fingerprint density at radius 1 is 0.304 bits per heavy atom. The van der Waals surface area contributed by atoms with Crippen molar-refractivity contribution in [2.75, 3.05) is 13.2 Å². The number of unbranched alkanes of at least 4 members (excludes halogenated alkanes) is 24. The lowest BCUT2D eigenvalue weighted by molar-refractivity contribution is -0.167. The van der Waals surface area contributed by atoms with Crippen LogP contribution in [0.4, 0.5) is 0 Å². The molecule has 0 aromatic rings. The van der Waals surface area contributed by atoms with Gasteiger partial charge in [0, 0.05) is 19.3 Å². The number of hydrogen-bond donors (Lipinski definition) is 0. The van der Waals surface area contributed by atoms with E-state index in [1.165, 1.54) is 122 Å². The zero-order valence-corrected chi connectivity index (χ0v) is 45.0. The molecule has 0 aliphatic rings. The first-order valence-corrected chi connectivity index (χ1v) is 28.7. The monoisotopic (exact) mass is 959 g/mol. The number of allylic oxidation sites excluding steroid dienone is 16. The van der Waals surface area contributed by atoms with Crippen LogP contribution in [0, 0.1) is 0 Å². The van der Waals surface area contributed by atoms with Gasteiger partial charge in [-0.25, -0.2) is 0 Å². The Bertz CT molecular complexity index is 1380. The molecule has 69 heavy (non-hydrogen) atoms. The van der Waals surface area contributed by atoms with E-state index in [1.54, 1.807) is 0 Å². The third-order valence-corrected chi connectivity index (χ3v) is 12.1. The van der Waals surface area contributed by atoms with E-state index in [0.717, 1.165) is 96.3 Å². The fourth-order valence-electron chi connectivity index (χ4n) is 7.85. The highest BCUT2D eigenvalue weighted by Gasteiger charge is 2.19. The van der Waals surface area contributed by atoms with Crippen LogP contribution in [-0.4, -0.2) is 37.2 Å². The van der Waals surface area contributed by atoms with Crippen LogP contribution in [0.1, 0.15) is 265 Å². The van der Waals surface area contributed by atoms with Crippen molar-refractivity contribution >= 4 is 17.9 Å². The molecule has 0 radical (unpaired) electrons. The Morgan fingerprint density at radius 2 is 0.580 bits per heavy atom. The Kier molecular flexibility index (Phi) is 53.9. The normalized spacial score (nSPS) is 12.8. The lowest BCUT2D eigenvalue weighted by Gasteiger charge is -2.18. The predicted molar refractivity (Wildman–Crippen MR) is 297 cm³/mol. The van der Waals surface area contributed by atoms with Crippen LogP contribution in [0.15, 0.2) is 97.2 Å². The standard InChI is InChI=1S/C63H106O6/c1-4-7-10-13-16-19-22-25-28-30-31-33-35-38-41-44-47-50-53-56-62(65)68-59-60(58-67-61(64)55-52-49-46-43-40-37-34-27-24-21-18-15-12-9-6-3)69-63(66)57-54-51-48-45-42-39-36-32-29-26-23-20-17-14-11-8-5-2/h7-8,10-11,16-17,19-20,25-26,28-29,36,39,45,48,60H,4-6,9,12-15,18,21-24,27,30-35,37-38,40-44,46-47,49-59H2,1-3H3/b10-7-,11-8-,19-16-,20-17-,28-25-,29-26-,39-36-,48-45-. The number of hydrogen-bond acceptors (Lipinski definition) is 6. The van der Waals surface area contributed by atoms with Gasteiger partial charge >= 0.3 is 17.9 Å². The van der Waals surface area contributed by atoms with Crippen LogP contribution in [0.25, 0.3) is 0 Å². The molecule has 0 spiro atoms. The van der Waals surface area contributed by atoms with Crippen molar-refractivity contribution in [3.63, 3.8) is 0 Å². The zero-order valence-electron chi connectivity index (χ0n) is 45.0. The Morgan fingerprint density at radius 3 is 0.928 bits per heavy atom. The molecule has 1 unspecified atom stereocenters. The molecule has 0 rings (SSSR count). The van der Waals surface area contributed by atoms with Gasteiger partial charge in [-0.1, -0.05) is 253 Å². The van der Waals surface area contributed by atoms with Gasteiger partial charge in [-0.15, -0.1) is 0 Å². The summed E-state index contributed by atoms with van der Waals surface area (Å²) in [6.45, 7) is 6.38. The molecule has 0 amide bonds. The molecular weight excluding hydrogens is 853 g/mol. The van der Waals surface area contributed by atoms with E-state index in [2.05, 4.69) is 118 Å². The summed E-state index contributed by atoms with van der Waals surface area (Å²) in [4.78, 5) is 38.2. The molecular formula is C63H106O6. The number of rotatable bonds is 51. The molecule has 0 heterocycles. The predicted octanol–water partition coefficient (Wildman–Crippen LogP) is 19.3. The van der Waals surface area contributed by atoms with Gasteiger partial charge in [0.2, 0.25) is 0 Å². The first-order chi connectivity index (χ1) is 34.0. The summed E-state index contributed by atoms with van der Waals surface area (Å²) in [6.07, 6.45) is 75.4. The van der Waals surface area contributed by atoms with Gasteiger partial charge in [-0.3, -0.25) is 14.4 Å². The second-order valence-corrected chi connectivity index (χ2v) is 18.8. The maximum absolute atomic E-state index is 12.8. The molecule has 1 atom stereocenters. The molecule has 394 valence electrons. The molecule has 0 saturated carbocycles. The second-order valence-electron chi connectivity index (χ2n) is 18.8. The highest BCUT2D eigenvalue weighted by molar-refractivity contribution is 5.71. The maximum Gasteiger partial charge on any atom is 0.306 e. The molecule has 6 heteroatoms. The van der Waals surface area contributed by atoms with Crippen LogP contribution in [0.2, 0.25) is 0 Å². The van der Waals surface area contributed by atoms with Crippen molar-refractivity contribution in [2.24, 2.45) is 0 Å². The SMILES string of the molecule is CC/C=C\C/C=C\C/C=C\C/C=C\C/C=C\CCCC(=O)OC(COC(=O)CCCCCCCCCCC/C=C\C/C=C\C/C=C\CC)COC(=O)CCCCCCCCCCCCCCCCC. The Hall–Kier alpha value is -3.67. The quantitative estimate of drug-likeness (QED) is 0.0262. The summed E-state index contributed by atoms with van der Waals surface area (Å²) in [5, 5.41) is 0. The van der Waals surface area contributed by atoms with E-state index in [9.17, 15) is 14.4 Å². The van der Waals surface area contributed by atoms with Crippen LogP contribution in [-0.2, 0) is 28.6 Å². The van der Waals surface area contributed by atoms with Crippen molar-refractivity contribution in [1.82, 2.24) is 0 Å². The summed E-state index contributed by atoms with van der Waals surface area (Å²) in [7, 11) is 0. The van der Waals surface area contributed by atoms with E-state index in [-0.39, 0.29) is 37.5 Å². The summed E-state index contributed by atoms with van der Waals surface area (Å²) >= 11 is 0. The number of carbonyl (C=O) groups excluding carboxylic acids is 3. The summed E-state index contributed by atoms with van der Waals surface area (Å²) < 4.78 is 16.8.